The highest BCUT2D eigenvalue weighted by Crippen LogP contribution is 2.67. The van der Waals surface area contributed by atoms with Gasteiger partial charge >= 0.3 is 5.97 Å². The summed E-state index contributed by atoms with van der Waals surface area (Å²) in [5, 5.41) is 4.55. The maximum atomic E-state index is 14.0. The van der Waals surface area contributed by atoms with Gasteiger partial charge in [-0.1, -0.05) is 116 Å². The van der Waals surface area contributed by atoms with Crippen molar-refractivity contribution in [2.75, 3.05) is 6.67 Å². The van der Waals surface area contributed by atoms with Crippen molar-refractivity contribution in [3.63, 3.8) is 0 Å². The lowest BCUT2D eigenvalue weighted by atomic mass is 9.47. The molecule has 1 N–H and O–H groups in total. The quantitative estimate of drug-likeness (QED) is 0.122. The fraction of sp³-hybridized carbons (Fsp3) is 0.647. The predicted octanol–water partition coefficient (Wildman–Crippen LogP) is 11.5. The highest BCUT2D eigenvalue weighted by molar-refractivity contribution is 6.13. The van der Waals surface area contributed by atoms with Crippen LogP contribution < -0.4 is 5.32 Å². The highest BCUT2D eigenvalue weighted by atomic mass is 19.1. The Labute approximate surface area is 351 Å². The van der Waals surface area contributed by atoms with Crippen LogP contribution in [0.2, 0.25) is 0 Å². The third kappa shape index (κ3) is 8.45. The monoisotopic (exact) mass is 809 g/mol. The number of halogens is 1. The van der Waals surface area contributed by atoms with Crippen LogP contribution in [0.5, 0.6) is 0 Å². The number of carbonyl (C=O) groups is 4. The van der Waals surface area contributed by atoms with Gasteiger partial charge in [0.05, 0.1) is 17.5 Å². The van der Waals surface area contributed by atoms with Gasteiger partial charge in [0.25, 0.3) is 0 Å². The largest absolute Gasteiger partial charge is 0.462 e. The number of benzene rings is 2. The SMILES string of the molecule is CC(C)CCC[C@@H](C)[C@H]1CC[C@H]2[C@@H]3CC=C4C[C@@H](OC(=O)CC(NC(=O)C(CC(=O)n5c6ccccc6c6ccccc65)C(C)C)C(=O)CF)CC[C@]4(C)[C@H]3CC[C@]12C. The summed E-state index contributed by atoms with van der Waals surface area (Å²) in [6.07, 6.45) is 14.4. The number of fused-ring (bicyclic) bond motifs is 8. The lowest BCUT2D eigenvalue weighted by molar-refractivity contribution is -0.153. The number of nitrogens with zero attached hydrogens (tertiary/aromatic N) is 1. The Morgan fingerprint density at radius 1 is 0.847 bits per heavy atom. The number of ketones is 1. The maximum absolute atomic E-state index is 14.0. The van der Waals surface area contributed by atoms with Crippen molar-refractivity contribution in [2.45, 2.75) is 144 Å². The normalized spacial score (nSPS) is 29.3. The van der Waals surface area contributed by atoms with Crippen LogP contribution in [0.25, 0.3) is 21.8 Å². The average molecular weight is 809 g/mol. The molecule has 7 rings (SSSR count). The number of allylic oxidation sites excluding steroid dienone is 1. The Hall–Kier alpha value is -3.81. The van der Waals surface area contributed by atoms with Crippen molar-refractivity contribution in [1.82, 2.24) is 9.88 Å². The molecule has 0 saturated heterocycles. The van der Waals surface area contributed by atoms with Crippen molar-refractivity contribution in [3.8, 4) is 0 Å². The van der Waals surface area contributed by atoms with E-state index in [1.165, 1.54) is 50.5 Å². The fourth-order valence-electron chi connectivity index (χ4n) is 12.9. The lowest BCUT2D eigenvalue weighted by Gasteiger charge is -2.58. The summed E-state index contributed by atoms with van der Waals surface area (Å²) in [6, 6.07) is 14.0. The summed E-state index contributed by atoms with van der Waals surface area (Å²) in [4.78, 5) is 54.2. The molecule has 8 heteroatoms. The van der Waals surface area contributed by atoms with Crippen LogP contribution in [0.4, 0.5) is 4.39 Å². The molecule has 4 aliphatic rings. The number of ether oxygens (including phenoxy) is 1. The number of nitrogens with one attached hydrogen (secondary N) is 1. The Kier molecular flexibility index (Phi) is 13.0. The second kappa shape index (κ2) is 17.7. The molecule has 3 fully saturated rings. The van der Waals surface area contributed by atoms with Crippen molar-refractivity contribution in [3.05, 3.63) is 60.2 Å². The average Bonchev–Trinajstić information content (AvgIpc) is 3.74. The number of hydrogen-bond acceptors (Lipinski definition) is 5. The minimum Gasteiger partial charge on any atom is -0.462 e. The number of amides is 1. The van der Waals surface area contributed by atoms with Gasteiger partial charge in [0.2, 0.25) is 11.8 Å². The first kappa shape index (κ1) is 43.3. The zero-order valence-corrected chi connectivity index (χ0v) is 36.7. The Morgan fingerprint density at radius 3 is 2.17 bits per heavy atom. The van der Waals surface area contributed by atoms with Crippen LogP contribution >= 0.6 is 0 Å². The topological polar surface area (TPSA) is 94.5 Å². The molecule has 0 aliphatic heterocycles. The van der Waals surface area contributed by atoms with Gasteiger partial charge in [0.15, 0.2) is 5.78 Å². The van der Waals surface area contributed by atoms with Crippen molar-refractivity contribution < 1.29 is 28.3 Å². The molecule has 1 heterocycles. The van der Waals surface area contributed by atoms with E-state index < -0.39 is 42.7 Å². The summed E-state index contributed by atoms with van der Waals surface area (Å²) in [7, 11) is 0. The number of alkyl halides is 1. The highest BCUT2D eigenvalue weighted by Gasteiger charge is 2.59. The Morgan fingerprint density at radius 2 is 1.53 bits per heavy atom. The lowest BCUT2D eigenvalue weighted by Crippen LogP contribution is -2.51. The van der Waals surface area contributed by atoms with Crippen molar-refractivity contribution in [1.29, 1.82) is 0 Å². The van der Waals surface area contributed by atoms with E-state index in [9.17, 15) is 23.6 Å². The van der Waals surface area contributed by atoms with Gasteiger partial charge in [-0.2, -0.15) is 0 Å². The van der Waals surface area contributed by atoms with Crippen LogP contribution in [0.3, 0.4) is 0 Å². The van der Waals surface area contributed by atoms with Gasteiger partial charge in [0, 0.05) is 29.5 Å². The van der Waals surface area contributed by atoms with Gasteiger partial charge < -0.3 is 10.1 Å². The van der Waals surface area contributed by atoms with E-state index >= 15 is 0 Å². The van der Waals surface area contributed by atoms with E-state index in [4.69, 9.17) is 4.74 Å². The number of hydrogen-bond donors (Lipinski definition) is 1. The molecule has 7 nitrogen and oxygen atoms in total. The van der Waals surface area contributed by atoms with Gasteiger partial charge in [-0.05, 0) is 109 Å². The van der Waals surface area contributed by atoms with Crippen LogP contribution in [-0.4, -0.2) is 47.0 Å². The molecule has 2 unspecified atom stereocenters. The van der Waals surface area contributed by atoms with Crippen LogP contribution in [0, 0.1) is 58.2 Å². The first-order valence-electron chi connectivity index (χ1n) is 23.0. The zero-order chi connectivity index (χ0) is 42.2. The number of para-hydroxylation sites is 2. The molecular formula is C51H69FN2O5. The van der Waals surface area contributed by atoms with Gasteiger partial charge in [-0.3, -0.25) is 23.7 Å². The maximum Gasteiger partial charge on any atom is 0.308 e. The molecule has 0 bridgehead atoms. The van der Waals surface area contributed by atoms with E-state index in [1.807, 2.05) is 62.4 Å². The summed E-state index contributed by atoms with van der Waals surface area (Å²) >= 11 is 0. The molecular weight excluding hydrogens is 740 g/mol. The van der Waals surface area contributed by atoms with E-state index in [0.29, 0.717) is 23.7 Å². The zero-order valence-electron chi connectivity index (χ0n) is 36.7. The van der Waals surface area contributed by atoms with Crippen LogP contribution in [-0.2, 0) is 19.1 Å². The van der Waals surface area contributed by atoms with Crippen LogP contribution in [0.1, 0.15) is 137 Å². The number of aromatic nitrogens is 1. The smallest absolute Gasteiger partial charge is 0.308 e. The van der Waals surface area contributed by atoms with Crippen molar-refractivity contribution in [2.24, 2.45) is 58.2 Å². The van der Waals surface area contributed by atoms with Crippen LogP contribution in [0.15, 0.2) is 60.2 Å². The first-order valence-corrected chi connectivity index (χ1v) is 23.0. The molecule has 1 amide bonds. The van der Waals surface area contributed by atoms with E-state index in [1.54, 1.807) is 4.57 Å². The third-order valence-corrected chi connectivity index (χ3v) is 16.1. The molecule has 320 valence electrons. The summed E-state index contributed by atoms with van der Waals surface area (Å²) in [5.41, 5.74) is 3.43. The van der Waals surface area contributed by atoms with Gasteiger partial charge in [0.1, 0.15) is 18.8 Å². The molecule has 4 aliphatic carbocycles. The summed E-state index contributed by atoms with van der Waals surface area (Å²) < 4.78 is 21.6. The van der Waals surface area contributed by atoms with E-state index in [-0.39, 0.29) is 29.8 Å². The second-order valence-electron chi connectivity index (χ2n) is 20.3. The number of Topliss-reactive ketones (excluding diaryl/α,β-unsaturated/α-hetero) is 1. The molecule has 1 aromatic heterocycles. The molecule has 2 aromatic carbocycles. The standard InChI is InChI=1S/C51H69FN2O5/c1-31(2)13-12-14-33(5)40-21-22-41-38-20-19-34-27-35(23-25-50(34,6)42(38)24-26-51(40,41)7)59-48(57)29-43(46(55)30-52)53-49(58)39(32(3)4)28-47(56)54-44-17-10-8-15-36(44)37-16-9-11-18-45(37)54/h8-11,15-19,31-33,35,38-43H,12-14,20-30H2,1-7H3,(H,53,58)/t33-,35+,38+,39?,40-,41+,42+,43?,50+,51-/m1/s1. The Balaban J connectivity index is 0.972. The second-order valence-corrected chi connectivity index (χ2v) is 20.3. The van der Waals surface area contributed by atoms with Gasteiger partial charge in [-0.25, -0.2) is 4.39 Å². The number of carbonyl (C=O) groups excluding carboxylic acids is 4. The minimum absolute atomic E-state index is 0.0946. The van der Waals surface area contributed by atoms with E-state index in [0.717, 1.165) is 64.7 Å². The Bertz CT molecular complexity index is 2010. The summed E-state index contributed by atoms with van der Waals surface area (Å²) in [6.45, 7) is 14.6. The molecule has 3 aromatic rings. The van der Waals surface area contributed by atoms with Crippen molar-refractivity contribution >= 4 is 45.4 Å². The third-order valence-electron chi connectivity index (χ3n) is 16.1. The molecule has 0 radical (unpaired) electrons. The number of esters is 1. The fourth-order valence-corrected chi connectivity index (χ4v) is 12.9. The predicted molar refractivity (Wildman–Crippen MR) is 233 cm³/mol. The van der Waals surface area contributed by atoms with E-state index in [2.05, 4.69) is 46.0 Å². The molecule has 0 spiro atoms. The molecule has 59 heavy (non-hydrogen) atoms. The van der Waals surface area contributed by atoms with Gasteiger partial charge in [-0.15, -0.1) is 0 Å². The number of rotatable bonds is 15. The molecule has 10 atom stereocenters. The summed E-state index contributed by atoms with van der Waals surface area (Å²) in [5.74, 6) is 1.10. The minimum atomic E-state index is -1.38. The molecule has 3 saturated carbocycles. The first-order chi connectivity index (χ1) is 28.2.